The first-order chi connectivity index (χ1) is 6.48. The van der Waals surface area contributed by atoms with Gasteiger partial charge in [-0.3, -0.25) is 10.1 Å². The van der Waals surface area contributed by atoms with Gasteiger partial charge in [-0.1, -0.05) is 12.1 Å². The Balaban J connectivity index is 3.10. The molecule has 4 heteroatoms. The van der Waals surface area contributed by atoms with Gasteiger partial charge >= 0.3 is 0 Å². The van der Waals surface area contributed by atoms with Crippen LogP contribution in [0.4, 0.5) is 0 Å². The van der Waals surface area contributed by atoms with E-state index in [1.54, 1.807) is 24.3 Å². The lowest BCUT2D eigenvalue weighted by Gasteiger charge is -2.15. The summed E-state index contributed by atoms with van der Waals surface area (Å²) in [5.74, 6) is 0. The highest BCUT2D eigenvalue weighted by molar-refractivity contribution is 5.33. The number of hydrogen-bond acceptors (Lipinski definition) is 3. The van der Waals surface area contributed by atoms with Crippen LogP contribution in [0.2, 0.25) is 0 Å². The smallest absolute Gasteiger partial charge is 0.241 e. The van der Waals surface area contributed by atoms with Gasteiger partial charge in [0.2, 0.25) is 5.54 Å². The van der Waals surface area contributed by atoms with Gasteiger partial charge in [0, 0.05) is 24.3 Å². The molecule has 1 rings (SSSR count). The molecule has 0 unspecified atom stereocenters. The van der Waals surface area contributed by atoms with Crippen LogP contribution in [0.3, 0.4) is 0 Å². The Kier molecular flexibility index (Phi) is 2.52. The predicted molar refractivity (Wildman–Crippen MR) is 51.2 cm³/mol. The summed E-state index contributed by atoms with van der Waals surface area (Å²) in [6.07, 6.45) is 0. The lowest BCUT2D eigenvalue weighted by atomic mass is 9.94. The topological polar surface area (TPSA) is 66.9 Å². The molecule has 0 aliphatic rings. The molecule has 0 saturated carbocycles. The van der Waals surface area contributed by atoms with Crippen LogP contribution in [-0.4, -0.2) is 4.92 Å². The van der Waals surface area contributed by atoms with Crippen LogP contribution < -0.4 is 0 Å². The van der Waals surface area contributed by atoms with Crippen molar-refractivity contribution in [3.8, 4) is 6.07 Å². The second-order valence-electron chi connectivity index (χ2n) is 3.51. The normalized spacial score (nSPS) is 10.6. The van der Waals surface area contributed by atoms with Gasteiger partial charge in [-0.05, 0) is 12.1 Å². The van der Waals surface area contributed by atoms with Gasteiger partial charge in [-0.15, -0.1) is 0 Å². The summed E-state index contributed by atoms with van der Waals surface area (Å²) >= 11 is 0. The van der Waals surface area contributed by atoms with Gasteiger partial charge in [0.1, 0.15) is 0 Å². The van der Waals surface area contributed by atoms with Crippen LogP contribution in [0, 0.1) is 21.4 Å². The van der Waals surface area contributed by atoms with Crippen LogP contribution >= 0.6 is 0 Å². The zero-order chi connectivity index (χ0) is 10.8. The van der Waals surface area contributed by atoms with Crippen LogP contribution in [0.1, 0.15) is 25.0 Å². The first-order valence-electron chi connectivity index (χ1n) is 4.13. The van der Waals surface area contributed by atoms with Gasteiger partial charge in [0.15, 0.2) is 0 Å². The van der Waals surface area contributed by atoms with Gasteiger partial charge in [0.25, 0.3) is 0 Å². The van der Waals surface area contributed by atoms with Crippen molar-refractivity contribution in [1.29, 1.82) is 5.26 Å². The van der Waals surface area contributed by atoms with Gasteiger partial charge in [0.05, 0.1) is 11.6 Å². The number of hydrogen-bond donors (Lipinski definition) is 0. The molecule has 0 fully saturated rings. The molecule has 0 radical (unpaired) electrons. The fraction of sp³-hybridized carbons (Fsp3) is 0.300. The third-order valence-corrected chi connectivity index (χ3v) is 2.18. The minimum absolute atomic E-state index is 0.339. The number of nitro groups is 1. The molecule has 0 amide bonds. The average molecular weight is 190 g/mol. The number of nitriles is 1. The fourth-order valence-electron chi connectivity index (χ4n) is 1.06. The Morgan fingerprint density at radius 3 is 2.21 bits per heavy atom. The van der Waals surface area contributed by atoms with Crippen LogP contribution in [0.5, 0.6) is 0 Å². The van der Waals surface area contributed by atoms with E-state index in [1.165, 1.54) is 13.8 Å². The summed E-state index contributed by atoms with van der Waals surface area (Å²) in [7, 11) is 0. The molecule has 1 aromatic rings. The highest BCUT2D eigenvalue weighted by Gasteiger charge is 2.32. The summed E-state index contributed by atoms with van der Waals surface area (Å²) in [5, 5.41) is 19.3. The fourth-order valence-corrected chi connectivity index (χ4v) is 1.06. The summed E-state index contributed by atoms with van der Waals surface area (Å²) < 4.78 is 0. The number of nitrogens with zero attached hydrogens (tertiary/aromatic N) is 2. The second-order valence-corrected chi connectivity index (χ2v) is 3.51. The number of benzene rings is 1. The van der Waals surface area contributed by atoms with E-state index in [4.69, 9.17) is 5.26 Å². The lowest BCUT2D eigenvalue weighted by molar-refractivity contribution is -0.569. The van der Waals surface area contributed by atoms with Crippen molar-refractivity contribution in [2.24, 2.45) is 0 Å². The van der Waals surface area contributed by atoms with Crippen LogP contribution in [-0.2, 0) is 5.54 Å². The zero-order valence-corrected chi connectivity index (χ0v) is 8.02. The monoisotopic (exact) mass is 190 g/mol. The van der Waals surface area contributed by atoms with Crippen molar-refractivity contribution in [2.45, 2.75) is 19.4 Å². The van der Waals surface area contributed by atoms with Gasteiger partial charge < -0.3 is 0 Å². The highest BCUT2D eigenvalue weighted by Crippen LogP contribution is 2.23. The Morgan fingerprint density at radius 1 is 1.36 bits per heavy atom. The molecule has 0 aliphatic carbocycles. The molecular weight excluding hydrogens is 180 g/mol. The Morgan fingerprint density at radius 2 is 1.86 bits per heavy atom. The van der Waals surface area contributed by atoms with Crippen molar-refractivity contribution < 1.29 is 4.92 Å². The highest BCUT2D eigenvalue weighted by atomic mass is 16.6. The molecule has 4 nitrogen and oxygen atoms in total. The maximum absolute atomic E-state index is 10.7. The Hall–Kier alpha value is -1.89. The van der Waals surface area contributed by atoms with E-state index in [1.807, 2.05) is 6.07 Å². The molecule has 1 aromatic carbocycles. The molecule has 0 spiro atoms. The third kappa shape index (κ3) is 1.72. The molecule has 0 N–H and O–H groups in total. The minimum atomic E-state index is -1.10. The molecule has 0 bridgehead atoms. The van der Waals surface area contributed by atoms with Gasteiger partial charge in [-0.25, -0.2) is 0 Å². The van der Waals surface area contributed by atoms with Crippen molar-refractivity contribution in [3.05, 3.63) is 45.5 Å². The summed E-state index contributed by atoms with van der Waals surface area (Å²) in [6, 6.07) is 8.36. The second kappa shape index (κ2) is 3.46. The third-order valence-electron chi connectivity index (χ3n) is 2.18. The molecule has 0 saturated heterocycles. The first-order valence-corrected chi connectivity index (χ1v) is 4.13. The van der Waals surface area contributed by atoms with E-state index in [-0.39, 0.29) is 4.92 Å². The maximum Gasteiger partial charge on any atom is 0.241 e. The average Bonchev–Trinajstić information content (AvgIpc) is 2.17. The largest absolute Gasteiger partial charge is 0.264 e. The Labute approximate surface area is 81.9 Å². The van der Waals surface area contributed by atoms with Crippen LogP contribution in [0.15, 0.2) is 24.3 Å². The van der Waals surface area contributed by atoms with Gasteiger partial charge in [-0.2, -0.15) is 5.26 Å². The molecule has 0 heterocycles. The SMILES string of the molecule is CC(C)(c1ccc(C#N)cc1)[N+](=O)[O-]. The molecule has 72 valence electrons. The predicted octanol–water partition coefficient (Wildman–Crippen LogP) is 2.07. The van der Waals surface area contributed by atoms with Crippen molar-refractivity contribution in [3.63, 3.8) is 0 Å². The van der Waals surface area contributed by atoms with E-state index in [0.717, 1.165) is 0 Å². The van der Waals surface area contributed by atoms with E-state index in [2.05, 4.69) is 0 Å². The van der Waals surface area contributed by atoms with E-state index < -0.39 is 5.54 Å². The Bertz CT molecular complexity index is 388. The summed E-state index contributed by atoms with van der Waals surface area (Å²) in [4.78, 5) is 10.4. The molecule has 0 aliphatic heterocycles. The van der Waals surface area contributed by atoms with E-state index >= 15 is 0 Å². The number of rotatable bonds is 2. The summed E-state index contributed by atoms with van der Waals surface area (Å²) in [6.45, 7) is 3.07. The summed E-state index contributed by atoms with van der Waals surface area (Å²) in [5.41, 5.74) is 0.00274. The lowest BCUT2D eigenvalue weighted by Crippen LogP contribution is -2.27. The van der Waals surface area contributed by atoms with E-state index in [9.17, 15) is 10.1 Å². The van der Waals surface area contributed by atoms with Crippen molar-refractivity contribution in [1.82, 2.24) is 0 Å². The first kappa shape index (κ1) is 10.2. The molecule has 0 aromatic heterocycles. The zero-order valence-electron chi connectivity index (χ0n) is 8.02. The van der Waals surface area contributed by atoms with E-state index in [0.29, 0.717) is 11.1 Å². The quantitative estimate of drug-likeness (QED) is 0.529. The minimum Gasteiger partial charge on any atom is -0.264 e. The van der Waals surface area contributed by atoms with Crippen molar-refractivity contribution >= 4 is 0 Å². The van der Waals surface area contributed by atoms with Crippen molar-refractivity contribution in [2.75, 3.05) is 0 Å². The standard InChI is InChI=1S/C10H10N2O2/c1-10(2,12(13)14)9-5-3-8(7-11)4-6-9/h3-6H,1-2H3. The van der Waals surface area contributed by atoms with Crippen LogP contribution in [0.25, 0.3) is 0 Å². The maximum atomic E-state index is 10.7. The molecule has 0 atom stereocenters. The molecular formula is C10H10N2O2. The molecule has 14 heavy (non-hydrogen) atoms.